The smallest absolute Gasteiger partial charge is 0.243 e. The minimum Gasteiger partial charge on any atom is -0.379 e. The predicted molar refractivity (Wildman–Crippen MR) is 129 cm³/mol. The predicted octanol–water partition coefficient (Wildman–Crippen LogP) is 2.43. The van der Waals surface area contributed by atoms with Crippen molar-refractivity contribution in [1.82, 2.24) is 9.21 Å². The zero-order valence-corrected chi connectivity index (χ0v) is 20.2. The van der Waals surface area contributed by atoms with Gasteiger partial charge in [0.25, 0.3) is 0 Å². The van der Waals surface area contributed by atoms with Crippen LogP contribution in [0.2, 0.25) is 5.02 Å². The van der Waals surface area contributed by atoms with Gasteiger partial charge in [0.15, 0.2) is 0 Å². The normalized spacial score (nSPS) is 18.3. The standard InChI is InChI=1S/C23H29ClN4O4S/c1-18-2-5-20(16-22(18)33(30,31)28-12-14-32-15-13-28)25-23(29)17-26-8-10-27(11-9-26)21-6-3-19(24)4-7-21/h2-7,16H,8-15,17H2,1H3,(H,25,29). The lowest BCUT2D eigenvalue weighted by molar-refractivity contribution is -0.117. The average Bonchev–Trinajstić information content (AvgIpc) is 2.82. The van der Waals surface area contributed by atoms with Crippen LogP contribution in [0.1, 0.15) is 5.56 Å². The number of morpholine rings is 1. The Hall–Kier alpha value is -2.17. The molecule has 33 heavy (non-hydrogen) atoms. The first-order chi connectivity index (χ1) is 15.8. The summed E-state index contributed by atoms with van der Waals surface area (Å²) in [4.78, 5) is 17.3. The number of carbonyl (C=O) groups excluding carboxylic acids is 1. The maximum absolute atomic E-state index is 13.1. The first-order valence-corrected chi connectivity index (χ1v) is 12.9. The van der Waals surface area contributed by atoms with Gasteiger partial charge in [-0.15, -0.1) is 0 Å². The van der Waals surface area contributed by atoms with Crippen LogP contribution in [0.25, 0.3) is 0 Å². The zero-order valence-electron chi connectivity index (χ0n) is 18.7. The molecule has 2 fully saturated rings. The Balaban J connectivity index is 1.34. The molecule has 0 spiro atoms. The van der Waals surface area contributed by atoms with E-state index in [1.165, 1.54) is 4.31 Å². The number of rotatable bonds is 6. The number of hydrogen-bond donors (Lipinski definition) is 1. The second kappa shape index (κ2) is 10.4. The Bertz CT molecular complexity index is 1080. The molecule has 1 N–H and O–H groups in total. The van der Waals surface area contributed by atoms with Crippen molar-refractivity contribution in [3.8, 4) is 0 Å². The van der Waals surface area contributed by atoms with E-state index in [1.807, 2.05) is 24.3 Å². The number of nitrogens with one attached hydrogen (secondary N) is 1. The van der Waals surface area contributed by atoms with Crippen molar-refractivity contribution >= 4 is 38.9 Å². The Morgan fingerprint density at radius 3 is 2.33 bits per heavy atom. The van der Waals surface area contributed by atoms with Gasteiger partial charge in [-0.2, -0.15) is 4.31 Å². The molecule has 0 atom stereocenters. The third-order valence-corrected chi connectivity index (χ3v) is 8.28. The summed E-state index contributed by atoms with van der Waals surface area (Å²) in [6.45, 7) is 6.64. The van der Waals surface area contributed by atoms with Crippen molar-refractivity contribution in [2.45, 2.75) is 11.8 Å². The lowest BCUT2D eigenvalue weighted by Crippen LogP contribution is -2.48. The van der Waals surface area contributed by atoms with Gasteiger partial charge in [0.05, 0.1) is 24.7 Å². The molecule has 2 aromatic carbocycles. The summed E-state index contributed by atoms with van der Waals surface area (Å²) in [5.74, 6) is -0.159. The number of hydrogen-bond acceptors (Lipinski definition) is 6. The summed E-state index contributed by atoms with van der Waals surface area (Å²) >= 11 is 5.97. The van der Waals surface area contributed by atoms with Crippen LogP contribution < -0.4 is 10.2 Å². The van der Waals surface area contributed by atoms with Gasteiger partial charge in [-0.3, -0.25) is 9.69 Å². The Morgan fingerprint density at radius 1 is 1.00 bits per heavy atom. The van der Waals surface area contributed by atoms with Gasteiger partial charge in [0.2, 0.25) is 15.9 Å². The molecule has 2 aromatic rings. The number of nitrogens with zero attached hydrogens (tertiary/aromatic N) is 3. The van der Waals surface area contributed by atoms with Gasteiger partial charge in [-0.05, 0) is 48.9 Å². The molecule has 0 unspecified atom stereocenters. The fraction of sp³-hybridized carbons (Fsp3) is 0.435. The second-order valence-corrected chi connectivity index (χ2v) is 10.6. The summed E-state index contributed by atoms with van der Waals surface area (Å²) in [6, 6.07) is 12.8. The minimum atomic E-state index is -3.64. The summed E-state index contributed by atoms with van der Waals surface area (Å²) < 4.78 is 32.8. The number of sulfonamides is 1. The van der Waals surface area contributed by atoms with E-state index in [-0.39, 0.29) is 17.3 Å². The molecule has 0 aromatic heterocycles. The molecule has 0 saturated carbocycles. The topological polar surface area (TPSA) is 82.2 Å². The number of anilines is 2. The molecule has 2 saturated heterocycles. The van der Waals surface area contributed by atoms with E-state index in [2.05, 4.69) is 15.1 Å². The molecule has 4 rings (SSSR count). The van der Waals surface area contributed by atoms with Crippen molar-refractivity contribution in [1.29, 1.82) is 0 Å². The fourth-order valence-electron chi connectivity index (χ4n) is 4.10. The maximum Gasteiger partial charge on any atom is 0.243 e. The highest BCUT2D eigenvalue weighted by Crippen LogP contribution is 2.25. The van der Waals surface area contributed by atoms with E-state index in [4.69, 9.17) is 16.3 Å². The molecule has 0 aliphatic carbocycles. The van der Waals surface area contributed by atoms with E-state index < -0.39 is 10.0 Å². The summed E-state index contributed by atoms with van der Waals surface area (Å²) in [7, 11) is -3.64. The monoisotopic (exact) mass is 492 g/mol. The van der Waals surface area contributed by atoms with Crippen LogP contribution in [-0.2, 0) is 19.6 Å². The number of carbonyl (C=O) groups is 1. The van der Waals surface area contributed by atoms with E-state index >= 15 is 0 Å². The van der Waals surface area contributed by atoms with Gasteiger partial charge in [-0.1, -0.05) is 17.7 Å². The van der Waals surface area contributed by atoms with Crippen molar-refractivity contribution in [2.24, 2.45) is 0 Å². The number of benzene rings is 2. The quantitative estimate of drug-likeness (QED) is 0.667. The van der Waals surface area contributed by atoms with Crippen LogP contribution in [0, 0.1) is 6.92 Å². The van der Waals surface area contributed by atoms with Crippen LogP contribution >= 0.6 is 11.6 Å². The Kier molecular flexibility index (Phi) is 7.55. The van der Waals surface area contributed by atoms with Crippen LogP contribution in [0.3, 0.4) is 0 Å². The molecule has 10 heteroatoms. The Morgan fingerprint density at radius 2 is 1.67 bits per heavy atom. The number of ether oxygens (including phenoxy) is 1. The highest BCUT2D eigenvalue weighted by Gasteiger charge is 2.28. The first-order valence-electron chi connectivity index (χ1n) is 11.0. The number of piperazine rings is 1. The lowest BCUT2D eigenvalue weighted by Gasteiger charge is -2.35. The van der Waals surface area contributed by atoms with Crippen LogP contribution in [0.15, 0.2) is 47.4 Å². The SMILES string of the molecule is Cc1ccc(NC(=O)CN2CCN(c3ccc(Cl)cc3)CC2)cc1S(=O)(=O)N1CCOCC1. The molecule has 1 amide bonds. The zero-order chi connectivity index (χ0) is 23.4. The van der Waals surface area contributed by atoms with Gasteiger partial charge < -0.3 is 15.0 Å². The third-order valence-electron chi connectivity index (χ3n) is 5.99. The van der Waals surface area contributed by atoms with Gasteiger partial charge >= 0.3 is 0 Å². The van der Waals surface area contributed by atoms with Crippen molar-refractivity contribution in [2.75, 3.05) is 69.2 Å². The van der Waals surface area contributed by atoms with Crippen LogP contribution in [-0.4, -0.2) is 82.6 Å². The molecule has 2 aliphatic rings. The van der Waals surface area contributed by atoms with Gasteiger partial charge in [0.1, 0.15) is 0 Å². The highest BCUT2D eigenvalue weighted by atomic mass is 35.5. The number of amides is 1. The van der Waals surface area contributed by atoms with E-state index in [1.54, 1.807) is 25.1 Å². The Labute approximate surface area is 200 Å². The summed E-state index contributed by atoms with van der Waals surface area (Å²) in [5.41, 5.74) is 2.26. The fourth-order valence-corrected chi connectivity index (χ4v) is 5.89. The largest absolute Gasteiger partial charge is 0.379 e. The second-order valence-electron chi connectivity index (χ2n) is 8.28. The van der Waals surface area contributed by atoms with Gasteiger partial charge in [-0.25, -0.2) is 8.42 Å². The van der Waals surface area contributed by atoms with E-state index in [0.29, 0.717) is 42.6 Å². The van der Waals surface area contributed by atoms with Crippen molar-refractivity contribution < 1.29 is 17.9 Å². The molecular weight excluding hydrogens is 464 g/mol. The minimum absolute atomic E-state index is 0.159. The first kappa shape index (κ1) is 24.0. The molecule has 8 nitrogen and oxygen atoms in total. The van der Waals surface area contributed by atoms with Crippen LogP contribution in [0.5, 0.6) is 0 Å². The van der Waals surface area contributed by atoms with E-state index in [9.17, 15) is 13.2 Å². The molecule has 0 radical (unpaired) electrons. The molecule has 0 bridgehead atoms. The van der Waals surface area contributed by atoms with E-state index in [0.717, 1.165) is 31.9 Å². The third kappa shape index (κ3) is 5.85. The molecule has 2 aliphatic heterocycles. The van der Waals surface area contributed by atoms with Crippen molar-refractivity contribution in [3.63, 3.8) is 0 Å². The number of halogens is 1. The molecule has 2 heterocycles. The lowest BCUT2D eigenvalue weighted by atomic mass is 10.2. The summed E-state index contributed by atoms with van der Waals surface area (Å²) in [5, 5.41) is 3.58. The van der Waals surface area contributed by atoms with Crippen LogP contribution in [0.4, 0.5) is 11.4 Å². The number of aryl methyl sites for hydroxylation is 1. The average molecular weight is 493 g/mol. The highest BCUT2D eigenvalue weighted by molar-refractivity contribution is 7.89. The molecular formula is C23H29ClN4O4S. The van der Waals surface area contributed by atoms with Crippen molar-refractivity contribution in [3.05, 3.63) is 53.1 Å². The maximum atomic E-state index is 13.1. The summed E-state index contributed by atoms with van der Waals surface area (Å²) in [6.07, 6.45) is 0. The van der Waals surface area contributed by atoms with Gasteiger partial charge in [0, 0.05) is 55.7 Å². The molecule has 178 valence electrons.